The number of hydrogen-bond donors (Lipinski definition) is 2. The number of β-lactam (4-membered cyclic amide) rings is 1. The molecule has 2 amide bonds. The van der Waals surface area contributed by atoms with E-state index in [1.807, 2.05) is 13.8 Å². The fraction of sp³-hybridized carbons (Fsp3) is 0.423. The van der Waals surface area contributed by atoms with Gasteiger partial charge in [0.1, 0.15) is 23.5 Å². The third-order valence-electron chi connectivity index (χ3n) is 6.46. The van der Waals surface area contributed by atoms with Gasteiger partial charge in [0.2, 0.25) is 11.8 Å². The van der Waals surface area contributed by atoms with Gasteiger partial charge in [0.25, 0.3) is 0 Å². The number of carbonyl (C=O) groups excluding carboxylic acids is 4. The van der Waals surface area contributed by atoms with Gasteiger partial charge in [0.05, 0.1) is 12.4 Å². The van der Waals surface area contributed by atoms with E-state index in [-0.39, 0.29) is 23.5 Å². The quantitative estimate of drug-likeness (QED) is 0.170. The molecule has 0 aliphatic carbocycles. The van der Waals surface area contributed by atoms with Crippen molar-refractivity contribution in [2.75, 3.05) is 7.11 Å². The molecule has 40 heavy (non-hydrogen) atoms. The van der Waals surface area contributed by atoms with Crippen LogP contribution < -0.4 is 16.5 Å². The van der Waals surface area contributed by atoms with Gasteiger partial charge in [-0.05, 0) is 26.3 Å². The maximum absolute atomic E-state index is 13.4. The molecule has 1 aromatic carbocycles. The Balaban J connectivity index is 1.47. The summed E-state index contributed by atoms with van der Waals surface area (Å²) in [5, 5.41) is 5.51. The van der Waals surface area contributed by atoms with Gasteiger partial charge < -0.3 is 33.8 Å². The third kappa shape index (κ3) is 5.97. The van der Waals surface area contributed by atoms with Gasteiger partial charge in [-0.25, -0.2) is 14.4 Å². The number of carbonyl (C=O) groups is 4. The van der Waals surface area contributed by atoms with E-state index in [0.29, 0.717) is 11.3 Å². The molecule has 0 spiro atoms. The summed E-state index contributed by atoms with van der Waals surface area (Å²) in [6, 6.07) is 6.14. The summed E-state index contributed by atoms with van der Waals surface area (Å²) in [4.78, 5) is 64.2. The van der Waals surface area contributed by atoms with Crippen LogP contribution in [-0.2, 0) is 40.6 Å². The van der Waals surface area contributed by atoms with Crippen molar-refractivity contribution in [3.05, 3.63) is 69.8 Å². The molecule has 2 aliphatic heterocycles. The molecule has 3 heterocycles. The Morgan fingerprint density at radius 1 is 1.18 bits per heavy atom. The van der Waals surface area contributed by atoms with Gasteiger partial charge in [-0.2, -0.15) is 0 Å². The average molecular weight is 638 g/mol. The van der Waals surface area contributed by atoms with Crippen molar-refractivity contribution in [2.24, 2.45) is 0 Å². The molecule has 14 heteroatoms. The van der Waals surface area contributed by atoms with Gasteiger partial charge in [-0.15, -0.1) is 11.8 Å². The SMILES string of the molecule is COC(=O)C=C(C)NC(C(=O)N[C@@H]1C(=O)N2[C@@H]1SC(C)(C)[C@@H]2C(=O)OCc1oc(=O)oc1CBr)c1ccccc1. The first-order chi connectivity index (χ1) is 19.0. The summed E-state index contributed by atoms with van der Waals surface area (Å²) < 4.78 is 19.1. The monoisotopic (exact) mass is 637 g/mol. The minimum absolute atomic E-state index is 0.0753. The Morgan fingerprint density at radius 2 is 1.85 bits per heavy atom. The molecule has 2 fully saturated rings. The Labute approximate surface area is 241 Å². The summed E-state index contributed by atoms with van der Waals surface area (Å²) in [6.07, 6.45) is 1.22. The normalized spacial score (nSPS) is 22.1. The molecule has 1 aromatic heterocycles. The van der Waals surface area contributed by atoms with Crippen molar-refractivity contribution < 1.29 is 37.5 Å². The fourth-order valence-corrected chi connectivity index (χ4v) is 6.63. The van der Waals surface area contributed by atoms with Crippen LogP contribution in [0.25, 0.3) is 0 Å². The van der Waals surface area contributed by atoms with E-state index < -0.39 is 57.8 Å². The Bertz CT molecular complexity index is 1390. The van der Waals surface area contributed by atoms with E-state index in [9.17, 15) is 24.0 Å². The molecular formula is C26H28BrN3O9S. The molecule has 12 nitrogen and oxygen atoms in total. The van der Waals surface area contributed by atoms with Crippen LogP contribution in [0.4, 0.5) is 0 Å². The standard InChI is InChI=1S/C26H28BrN3O9S/c1-13(10-17(31)36-4)28-18(14-8-6-5-7-9-14)21(32)29-19-22(33)30-20(26(2,3)40-23(19)30)24(34)37-12-16-15(11-27)38-25(35)39-16/h5-10,18-20,23,28H,11-12H2,1-4H3,(H,29,32)/t18?,19-,20+,23-/m1/s1. The zero-order valence-electron chi connectivity index (χ0n) is 22.1. The largest absolute Gasteiger partial charge is 0.519 e. The van der Waals surface area contributed by atoms with Crippen LogP contribution >= 0.6 is 27.7 Å². The molecule has 2 saturated heterocycles. The van der Waals surface area contributed by atoms with Crippen molar-refractivity contribution in [2.45, 2.75) is 61.0 Å². The third-order valence-corrected chi connectivity index (χ3v) is 8.54. The van der Waals surface area contributed by atoms with Crippen molar-refractivity contribution >= 4 is 51.4 Å². The number of hydrogen-bond acceptors (Lipinski definition) is 11. The summed E-state index contributed by atoms with van der Waals surface area (Å²) >= 11 is 4.54. The van der Waals surface area contributed by atoms with E-state index in [1.165, 1.54) is 29.8 Å². The Morgan fingerprint density at radius 3 is 2.50 bits per heavy atom. The highest BCUT2D eigenvalue weighted by atomic mass is 79.9. The number of nitrogens with zero attached hydrogens (tertiary/aromatic N) is 1. The molecule has 2 aliphatic rings. The van der Waals surface area contributed by atoms with Gasteiger partial charge >= 0.3 is 17.8 Å². The van der Waals surface area contributed by atoms with Gasteiger partial charge in [-0.3, -0.25) is 9.59 Å². The lowest BCUT2D eigenvalue weighted by molar-refractivity contribution is -0.165. The number of amides is 2. The summed E-state index contributed by atoms with van der Waals surface area (Å²) in [7, 11) is 1.25. The minimum Gasteiger partial charge on any atom is -0.466 e. The fourth-order valence-electron chi connectivity index (χ4n) is 4.58. The van der Waals surface area contributed by atoms with E-state index in [4.69, 9.17) is 13.6 Å². The molecule has 4 atom stereocenters. The predicted molar refractivity (Wildman–Crippen MR) is 146 cm³/mol. The highest BCUT2D eigenvalue weighted by molar-refractivity contribution is 9.08. The molecule has 4 rings (SSSR count). The van der Waals surface area contributed by atoms with Crippen LogP contribution in [0, 0.1) is 0 Å². The van der Waals surface area contributed by atoms with E-state index in [1.54, 1.807) is 37.3 Å². The molecule has 0 radical (unpaired) electrons. The average Bonchev–Trinajstić information content (AvgIpc) is 3.42. The van der Waals surface area contributed by atoms with Crippen LogP contribution in [0.3, 0.4) is 0 Å². The number of esters is 2. The first-order valence-corrected chi connectivity index (χ1v) is 14.2. The Kier molecular flexibility index (Phi) is 8.78. The molecular weight excluding hydrogens is 610 g/mol. The second kappa shape index (κ2) is 11.9. The van der Waals surface area contributed by atoms with Gasteiger partial charge in [0.15, 0.2) is 18.1 Å². The van der Waals surface area contributed by atoms with Crippen LogP contribution in [0.2, 0.25) is 0 Å². The number of benzene rings is 1. The van der Waals surface area contributed by atoms with Crippen molar-refractivity contribution in [1.29, 1.82) is 0 Å². The Hall–Kier alpha value is -3.52. The van der Waals surface area contributed by atoms with Gasteiger partial charge in [0, 0.05) is 16.5 Å². The van der Waals surface area contributed by atoms with Crippen LogP contribution in [-0.4, -0.2) is 58.0 Å². The topological polar surface area (TPSA) is 157 Å². The number of rotatable bonds is 10. The van der Waals surface area contributed by atoms with E-state index >= 15 is 0 Å². The lowest BCUT2D eigenvalue weighted by atomic mass is 9.95. The van der Waals surface area contributed by atoms with Crippen molar-refractivity contribution in [1.82, 2.24) is 15.5 Å². The molecule has 214 valence electrons. The summed E-state index contributed by atoms with van der Waals surface area (Å²) in [5.74, 6) is -2.79. The number of alkyl halides is 1. The number of fused-ring (bicyclic) bond motifs is 1. The maximum Gasteiger partial charge on any atom is 0.519 e. The first-order valence-electron chi connectivity index (χ1n) is 12.2. The highest BCUT2D eigenvalue weighted by Crippen LogP contribution is 2.51. The van der Waals surface area contributed by atoms with Gasteiger partial charge in [-0.1, -0.05) is 46.3 Å². The smallest absolute Gasteiger partial charge is 0.466 e. The number of thioether (sulfide) groups is 1. The number of ether oxygens (including phenoxy) is 2. The summed E-state index contributed by atoms with van der Waals surface area (Å²) in [5.41, 5.74) is 1.02. The zero-order chi connectivity index (χ0) is 29.2. The van der Waals surface area contributed by atoms with Crippen LogP contribution in [0.1, 0.15) is 43.9 Å². The van der Waals surface area contributed by atoms with Crippen LogP contribution in [0.15, 0.2) is 55.7 Å². The number of halogens is 1. The second-order valence-electron chi connectivity index (χ2n) is 9.63. The number of allylic oxidation sites excluding steroid dienone is 1. The molecule has 2 N–H and O–H groups in total. The van der Waals surface area contributed by atoms with E-state index in [2.05, 4.69) is 31.3 Å². The van der Waals surface area contributed by atoms with Crippen molar-refractivity contribution in [3.63, 3.8) is 0 Å². The molecule has 1 unspecified atom stereocenters. The number of methoxy groups -OCH3 is 1. The zero-order valence-corrected chi connectivity index (χ0v) is 24.5. The molecule has 0 saturated carbocycles. The second-order valence-corrected chi connectivity index (χ2v) is 12.0. The maximum atomic E-state index is 13.4. The van der Waals surface area contributed by atoms with Crippen molar-refractivity contribution in [3.8, 4) is 0 Å². The van der Waals surface area contributed by atoms with E-state index in [0.717, 1.165) is 0 Å². The summed E-state index contributed by atoms with van der Waals surface area (Å²) in [6.45, 7) is 4.91. The molecule has 2 aromatic rings. The lowest BCUT2D eigenvalue weighted by Crippen LogP contribution is -2.71. The lowest BCUT2D eigenvalue weighted by Gasteiger charge is -2.44. The van der Waals surface area contributed by atoms with Crippen LogP contribution in [0.5, 0.6) is 0 Å². The minimum atomic E-state index is -0.928. The highest BCUT2D eigenvalue weighted by Gasteiger charge is 2.64. The first kappa shape index (κ1) is 29.5. The number of nitrogens with one attached hydrogen (secondary N) is 2. The molecule has 0 bridgehead atoms. The predicted octanol–water partition coefficient (Wildman–Crippen LogP) is 2.13.